The maximum absolute atomic E-state index is 12.2. The van der Waals surface area contributed by atoms with E-state index in [9.17, 15) is 9.59 Å². The number of pyridine rings is 1. The normalized spacial score (nSPS) is 10.5. The molecule has 0 aliphatic heterocycles. The van der Waals surface area contributed by atoms with Gasteiger partial charge in [0.25, 0.3) is 5.56 Å². The van der Waals surface area contributed by atoms with Crippen LogP contribution in [0.1, 0.15) is 12.5 Å². The highest BCUT2D eigenvalue weighted by Crippen LogP contribution is 2.13. The number of anilines is 1. The van der Waals surface area contributed by atoms with E-state index in [1.54, 1.807) is 25.3 Å². The second-order valence-corrected chi connectivity index (χ2v) is 4.22. The number of nitrogen functional groups attached to an aromatic ring is 1. The third-order valence-corrected chi connectivity index (χ3v) is 2.98. The Labute approximate surface area is 115 Å². The van der Waals surface area contributed by atoms with Gasteiger partial charge in [-0.3, -0.25) is 13.9 Å². The Hall–Kier alpha value is -2.57. The molecule has 2 aromatic rings. The molecule has 0 saturated carbocycles. The Morgan fingerprint density at radius 2 is 2.15 bits per heavy atom. The lowest BCUT2D eigenvalue weighted by molar-refractivity contribution is 0.390. The molecule has 0 saturated heterocycles. The van der Waals surface area contributed by atoms with Crippen molar-refractivity contribution in [2.24, 2.45) is 0 Å². The van der Waals surface area contributed by atoms with Crippen LogP contribution < -0.4 is 21.7 Å². The maximum atomic E-state index is 12.2. The first-order chi connectivity index (χ1) is 9.58. The first kappa shape index (κ1) is 13.9. The molecule has 0 aliphatic rings. The van der Waals surface area contributed by atoms with E-state index in [-0.39, 0.29) is 12.2 Å². The van der Waals surface area contributed by atoms with Crippen LogP contribution in [-0.2, 0) is 13.1 Å². The largest absolute Gasteiger partial charge is 0.481 e. The summed E-state index contributed by atoms with van der Waals surface area (Å²) in [6.45, 7) is 2.31. The summed E-state index contributed by atoms with van der Waals surface area (Å²) >= 11 is 0. The van der Waals surface area contributed by atoms with Gasteiger partial charge in [-0.25, -0.2) is 9.78 Å². The number of nitrogens with zero attached hydrogens (tertiary/aromatic N) is 3. The standard InChI is InChI=1S/C13H16N4O3/c1-3-16-8-10(14)12(18)17(13(16)19)7-9-5-4-6-15-11(9)20-2/h4-6,8H,3,7,14H2,1-2H3. The number of aromatic nitrogens is 3. The van der Waals surface area contributed by atoms with Gasteiger partial charge in [-0.15, -0.1) is 0 Å². The van der Waals surface area contributed by atoms with Crippen molar-refractivity contribution in [2.45, 2.75) is 20.0 Å². The SMILES string of the molecule is CCn1cc(N)c(=O)n(Cc2cccnc2OC)c1=O. The zero-order valence-electron chi connectivity index (χ0n) is 11.4. The third-order valence-electron chi connectivity index (χ3n) is 2.98. The molecule has 0 fully saturated rings. The van der Waals surface area contributed by atoms with E-state index in [1.807, 2.05) is 0 Å². The fourth-order valence-corrected chi connectivity index (χ4v) is 1.94. The van der Waals surface area contributed by atoms with Crippen LogP contribution in [-0.4, -0.2) is 21.2 Å². The van der Waals surface area contributed by atoms with Gasteiger partial charge in [0.2, 0.25) is 5.88 Å². The van der Waals surface area contributed by atoms with Gasteiger partial charge in [0.15, 0.2) is 0 Å². The van der Waals surface area contributed by atoms with E-state index in [0.29, 0.717) is 18.0 Å². The molecular formula is C13H16N4O3. The average molecular weight is 276 g/mol. The molecule has 0 atom stereocenters. The number of hydrogen-bond acceptors (Lipinski definition) is 5. The van der Waals surface area contributed by atoms with Crippen LogP contribution in [0.3, 0.4) is 0 Å². The second-order valence-electron chi connectivity index (χ2n) is 4.22. The molecule has 106 valence electrons. The van der Waals surface area contributed by atoms with Crippen molar-refractivity contribution in [1.29, 1.82) is 0 Å². The predicted molar refractivity (Wildman–Crippen MR) is 74.9 cm³/mol. The molecule has 2 rings (SSSR count). The average Bonchev–Trinajstić information content (AvgIpc) is 2.47. The minimum Gasteiger partial charge on any atom is -0.481 e. The van der Waals surface area contributed by atoms with Crippen molar-refractivity contribution in [3.8, 4) is 5.88 Å². The highest BCUT2D eigenvalue weighted by atomic mass is 16.5. The highest BCUT2D eigenvalue weighted by Gasteiger charge is 2.12. The summed E-state index contributed by atoms with van der Waals surface area (Å²) in [7, 11) is 1.48. The number of methoxy groups -OCH3 is 1. The monoisotopic (exact) mass is 276 g/mol. The maximum Gasteiger partial charge on any atom is 0.331 e. The number of hydrogen-bond donors (Lipinski definition) is 1. The number of rotatable bonds is 4. The topological polar surface area (TPSA) is 92.1 Å². The number of ether oxygens (including phenoxy) is 1. The van der Waals surface area contributed by atoms with E-state index in [2.05, 4.69) is 4.98 Å². The summed E-state index contributed by atoms with van der Waals surface area (Å²) in [5, 5.41) is 0. The Balaban J connectivity index is 2.57. The van der Waals surface area contributed by atoms with Gasteiger partial charge in [0.05, 0.1) is 13.7 Å². The molecule has 0 aromatic carbocycles. The van der Waals surface area contributed by atoms with Crippen LogP contribution in [0.25, 0.3) is 0 Å². The van der Waals surface area contributed by atoms with Gasteiger partial charge in [-0.2, -0.15) is 0 Å². The van der Waals surface area contributed by atoms with E-state index in [0.717, 1.165) is 4.57 Å². The molecule has 0 unspecified atom stereocenters. The quantitative estimate of drug-likeness (QED) is 0.852. The van der Waals surface area contributed by atoms with E-state index in [4.69, 9.17) is 10.5 Å². The van der Waals surface area contributed by atoms with E-state index in [1.165, 1.54) is 17.9 Å². The molecular weight excluding hydrogens is 260 g/mol. The third kappa shape index (κ3) is 2.42. The Bertz CT molecular complexity index is 733. The van der Waals surface area contributed by atoms with Crippen LogP contribution in [0, 0.1) is 0 Å². The second kappa shape index (κ2) is 5.60. The summed E-state index contributed by atoms with van der Waals surface area (Å²) in [4.78, 5) is 28.3. The minimum atomic E-state index is -0.509. The van der Waals surface area contributed by atoms with Crippen molar-refractivity contribution >= 4 is 5.69 Å². The number of aryl methyl sites for hydroxylation is 1. The van der Waals surface area contributed by atoms with E-state index < -0.39 is 11.2 Å². The van der Waals surface area contributed by atoms with Crippen molar-refractivity contribution in [3.63, 3.8) is 0 Å². The van der Waals surface area contributed by atoms with Crippen LogP contribution in [0.15, 0.2) is 34.1 Å². The van der Waals surface area contributed by atoms with Crippen LogP contribution in [0.5, 0.6) is 5.88 Å². The molecule has 0 bridgehead atoms. The Kier molecular flexibility index (Phi) is 3.88. The molecule has 2 heterocycles. The van der Waals surface area contributed by atoms with Crippen molar-refractivity contribution < 1.29 is 4.74 Å². The molecule has 0 amide bonds. The fourth-order valence-electron chi connectivity index (χ4n) is 1.94. The van der Waals surface area contributed by atoms with Gasteiger partial charge in [-0.1, -0.05) is 6.07 Å². The predicted octanol–water partition coefficient (Wildman–Crippen LogP) is 0.0640. The first-order valence-corrected chi connectivity index (χ1v) is 6.16. The molecule has 0 spiro atoms. The number of nitrogens with two attached hydrogens (primary N) is 1. The minimum absolute atomic E-state index is 0.0364. The van der Waals surface area contributed by atoms with Gasteiger partial charge in [-0.05, 0) is 13.0 Å². The smallest absolute Gasteiger partial charge is 0.331 e. The lowest BCUT2D eigenvalue weighted by Crippen LogP contribution is -2.40. The molecule has 7 nitrogen and oxygen atoms in total. The fraction of sp³-hybridized carbons (Fsp3) is 0.308. The summed E-state index contributed by atoms with van der Waals surface area (Å²) in [6, 6.07) is 3.46. The van der Waals surface area contributed by atoms with Crippen molar-refractivity contribution in [3.05, 3.63) is 50.9 Å². The molecule has 2 aromatic heterocycles. The molecule has 2 N–H and O–H groups in total. The van der Waals surface area contributed by atoms with Gasteiger partial charge in [0, 0.05) is 24.5 Å². The van der Waals surface area contributed by atoms with Crippen molar-refractivity contribution in [2.75, 3.05) is 12.8 Å². The summed E-state index contributed by atoms with van der Waals surface area (Å²) in [5.41, 5.74) is 5.41. The van der Waals surface area contributed by atoms with E-state index >= 15 is 0 Å². The van der Waals surface area contributed by atoms with Crippen molar-refractivity contribution in [1.82, 2.24) is 14.1 Å². The van der Waals surface area contributed by atoms with Gasteiger partial charge < -0.3 is 10.5 Å². The Morgan fingerprint density at radius 1 is 1.40 bits per heavy atom. The van der Waals surface area contributed by atoms with Crippen LogP contribution in [0.4, 0.5) is 5.69 Å². The molecule has 0 aliphatic carbocycles. The Morgan fingerprint density at radius 3 is 2.80 bits per heavy atom. The highest BCUT2D eigenvalue weighted by molar-refractivity contribution is 5.32. The lowest BCUT2D eigenvalue weighted by Gasteiger charge is -2.11. The molecule has 20 heavy (non-hydrogen) atoms. The summed E-state index contributed by atoms with van der Waals surface area (Å²) in [6.07, 6.45) is 2.94. The molecule has 7 heteroatoms. The zero-order chi connectivity index (χ0) is 14.7. The zero-order valence-corrected chi connectivity index (χ0v) is 11.4. The van der Waals surface area contributed by atoms with Crippen LogP contribution in [0.2, 0.25) is 0 Å². The molecule has 0 radical (unpaired) electrons. The summed E-state index contributed by atoms with van der Waals surface area (Å²) < 4.78 is 7.59. The lowest BCUT2D eigenvalue weighted by atomic mass is 10.2. The first-order valence-electron chi connectivity index (χ1n) is 6.16. The summed E-state index contributed by atoms with van der Waals surface area (Å²) in [5.74, 6) is 0.379. The van der Waals surface area contributed by atoms with Gasteiger partial charge in [0.1, 0.15) is 5.69 Å². The van der Waals surface area contributed by atoms with Gasteiger partial charge >= 0.3 is 5.69 Å². The van der Waals surface area contributed by atoms with Crippen LogP contribution >= 0.6 is 0 Å².